The molecule has 0 atom stereocenters. The molecule has 0 aromatic heterocycles. The molecule has 4 nitrogen and oxygen atoms in total. The van der Waals surface area contributed by atoms with Crippen LogP contribution in [0.4, 0.5) is 0 Å². The highest BCUT2D eigenvalue weighted by Gasteiger charge is 2.43. The molecule has 2 heterocycles. The third-order valence-corrected chi connectivity index (χ3v) is 7.84. The largest absolute Gasteiger partial charge is 0.492 e. The summed E-state index contributed by atoms with van der Waals surface area (Å²) in [6, 6.07) is 12.8. The van der Waals surface area contributed by atoms with Gasteiger partial charge in [0.05, 0.1) is 13.0 Å². The third kappa shape index (κ3) is 5.33. The minimum absolute atomic E-state index is 0. The summed E-state index contributed by atoms with van der Waals surface area (Å²) < 4.78 is 6.13. The lowest BCUT2D eigenvalue weighted by atomic mass is 9.74. The van der Waals surface area contributed by atoms with Gasteiger partial charge in [-0.2, -0.15) is 0 Å². The summed E-state index contributed by atoms with van der Waals surface area (Å²) in [7, 11) is 0. The number of nitrogens with zero attached hydrogens (tertiary/aromatic N) is 1. The lowest BCUT2D eigenvalue weighted by Crippen LogP contribution is -2.44. The Morgan fingerprint density at radius 3 is 2.74 bits per heavy atom. The summed E-state index contributed by atoms with van der Waals surface area (Å²) in [5.41, 5.74) is 3.92. The first-order valence-corrected chi connectivity index (χ1v) is 12.0. The molecule has 0 bridgehead atoms. The number of benzene rings is 2. The zero-order chi connectivity index (χ0) is 21.1. The van der Waals surface area contributed by atoms with Crippen LogP contribution in [0.5, 0.6) is 5.75 Å². The van der Waals surface area contributed by atoms with Gasteiger partial charge < -0.3 is 14.7 Å². The van der Waals surface area contributed by atoms with E-state index in [1.54, 1.807) is 11.8 Å². The van der Waals surface area contributed by atoms with Gasteiger partial charge in [0.25, 0.3) is 0 Å². The molecule has 1 saturated heterocycles. The summed E-state index contributed by atoms with van der Waals surface area (Å²) in [5.74, 6) is 1.14. The number of hydrogen-bond acceptors (Lipinski definition) is 4. The van der Waals surface area contributed by atoms with Crippen molar-refractivity contribution in [2.45, 2.75) is 48.7 Å². The van der Waals surface area contributed by atoms with E-state index in [4.69, 9.17) is 21.4 Å². The maximum atomic E-state index is 10.8. The average molecular weight is 482 g/mol. The highest BCUT2D eigenvalue weighted by atomic mass is 35.5. The normalized spacial score (nSPS) is 17.1. The molecule has 7 heteroatoms. The smallest absolute Gasteiger partial charge is 0.304 e. The first-order chi connectivity index (χ1) is 14.5. The molecule has 0 saturated carbocycles. The van der Waals surface area contributed by atoms with Crippen LogP contribution in [0.25, 0.3) is 0 Å². The van der Waals surface area contributed by atoms with Gasteiger partial charge in [-0.3, -0.25) is 4.79 Å². The van der Waals surface area contributed by atoms with Gasteiger partial charge in [0.1, 0.15) is 5.75 Å². The zero-order valence-corrected chi connectivity index (χ0v) is 20.1. The second-order valence-corrected chi connectivity index (χ2v) is 9.69. The molecule has 0 radical (unpaired) electrons. The Morgan fingerprint density at radius 1 is 1.26 bits per heavy atom. The first-order valence-electron chi connectivity index (χ1n) is 10.6. The van der Waals surface area contributed by atoms with E-state index in [1.807, 2.05) is 12.1 Å². The number of aryl methyl sites for hydroxylation is 1. The number of carbonyl (C=O) groups is 1. The maximum Gasteiger partial charge on any atom is 0.304 e. The van der Waals surface area contributed by atoms with Gasteiger partial charge in [-0.25, -0.2) is 0 Å². The molecule has 0 amide bonds. The fraction of sp³-hybridized carbons (Fsp3) is 0.458. The lowest BCUT2D eigenvalue weighted by Gasteiger charge is -2.38. The summed E-state index contributed by atoms with van der Waals surface area (Å²) >= 11 is 8.24. The Hall–Kier alpha value is -1.40. The number of fused-ring (bicyclic) bond motifs is 2. The van der Waals surface area contributed by atoms with E-state index in [2.05, 4.69) is 36.1 Å². The number of carboxylic acids is 1. The van der Waals surface area contributed by atoms with Crippen molar-refractivity contribution >= 4 is 41.7 Å². The quantitative estimate of drug-likeness (QED) is 0.505. The number of carboxylic acid groups (broad SMARTS) is 1. The molecular weight excluding hydrogens is 453 g/mol. The Bertz CT molecular complexity index is 929. The van der Waals surface area contributed by atoms with Crippen molar-refractivity contribution < 1.29 is 14.6 Å². The Balaban J connectivity index is 0.00000272. The number of likely N-dealkylation sites (tertiary alicyclic amines) is 1. The van der Waals surface area contributed by atoms with E-state index in [0.717, 1.165) is 55.5 Å². The number of aliphatic carboxylic acids is 1. The number of thioether (sulfide) groups is 1. The fourth-order valence-electron chi connectivity index (χ4n) is 4.57. The van der Waals surface area contributed by atoms with E-state index in [9.17, 15) is 4.79 Å². The number of halogens is 2. The van der Waals surface area contributed by atoms with Crippen LogP contribution in [-0.4, -0.2) is 42.2 Å². The van der Waals surface area contributed by atoms with Gasteiger partial charge >= 0.3 is 5.97 Å². The minimum atomic E-state index is -0.724. The monoisotopic (exact) mass is 481 g/mol. The summed E-state index contributed by atoms with van der Waals surface area (Å²) in [6.07, 6.45) is 3.23. The second kappa shape index (κ2) is 10.5. The molecule has 1 spiro atoms. The van der Waals surface area contributed by atoms with Gasteiger partial charge in [-0.1, -0.05) is 36.7 Å². The summed E-state index contributed by atoms with van der Waals surface area (Å²) in [5, 5.41) is 9.75. The average Bonchev–Trinajstić information content (AvgIpc) is 3.09. The number of ether oxygens (including phenoxy) is 1. The van der Waals surface area contributed by atoms with Gasteiger partial charge in [0, 0.05) is 33.2 Å². The van der Waals surface area contributed by atoms with Crippen LogP contribution >= 0.6 is 35.8 Å². The topological polar surface area (TPSA) is 49.8 Å². The van der Waals surface area contributed by atoms with Crippen molar-refractivity contribution in [3.63, 3.8) is 0 Å². The summed E-state index contributed by atoms with van der Waals surface area (Å²) in [4.78, 5) is 14.3. The van der Waals surface area contributed by atoms with Crippen LogP contribution in [0.2, 0.25) is 5.02 Å². The van der Waals surface area contributed by atoms with E-state index in [-0.39, 0.29) is 24.2 Å². The van der Waals surface area contributed by atoms with Gasteiger partial charge in [0.2, 0.25) is 0 Å². The predicted molar refractivity (Wildman–Crippen MR) is 129 cm³/mol. The molecule has 1 N–H and O–H groups in total. The molecule has 1 fully saturated rings. The van der Waals surface area contributed by atoms with E-state index < -0.39 is 5.97 Å². The van der Waals surface area contributed by atoms with Gasteiger partial charge in [-0.15, -0.1) is 24.2 Å². The molecule has 2 aromatic carbocycles. The fourth-order valence-corrected chi connectivity index (χ4v) is 5.91. The van der Waals surface area contributed by atoms with Crippen LogP contribution in [0.1, 0.15) is 42.9 Å². The number of hydrogen-bond donors (Lipinski definition) is 1. The Kier molecular flexibility index (Phi) is 8.19. The highest BCUT2D eigenvalue weighted by Crippen LogP contribution is 2.47. The predicted octanol–water partition coefficient (Wildman–Crippen LogP) is 5.82. The van der Waals surface area contributed by atoms with Crippen molar-refractivity contribution in [2.75, 3.05) is 26.2 Å². The van der Waals surface area contributed by atoms with Crippen LogP contribution in [0.15, 0.2) is 41.3 Å². The summed E-state index contributed by atoms with van der Waals surface area (Å²) in [6.45, 7) is 5.39. The SMILES string of the molecule is CCc1cccc(Cl)c1CSc1ccc2c(c1)OCC21CCN(CCC(=O)O)CC1.Cl. The molecule has 2 aliphatic rings. The van der Waals surface area contributed by atoms with E-state index >= 15 is 0 Å². The molecule has 168 valence electrons. The third-order valence-electron chi connectivity index (χ3n) is 6.46. The standard InChI is InChI=1S/C24H28ClNO3S.ClH/c1-2-17-4-3-5-21(25)19(17)15-30-18-6-7-20-22(14-18)29-16-24(20)9-12-26(13-10-24)11-8-23(27)28;/h3-7,14H,2,8-13,15-16H2,1H3,(H,27,28);1H. The number of rotatable bonds is 7. The van der Waals surface area contributed by atoms with Crippen LogP contribution < -0.4 is 4.74 Å². The molecule has 0 unspecified atom stereocenters. The highest BCUT2D eigenvalue weighted by molar-refractivity contribution is 7.98. The van der Waals surface area contributed by atoms with Gasteiger partial charge in [-0.05, 0) is 61.7 Å². The van der Waals surface area contributed by atoms with Crippen molar-refractivity contribution in [3.8, 4) is 5.75 Å². The van der Waals surface area contributed by atoms with Gasteiger partial charge in [0.15, 0.2) is 0 Å². The molecule has 31 heavy (non-hydrogen) atoms. The number of piperidine rings is 1. The Labute approximate surface area is 199 Å². The maximum absolute atomic E-state index is 10.8. The molecule has 2 aromatic rings. The van der Waals surface area contributed by atoms with Crippen molar-refractivity contribution in [1.29, 1.82) is 0 Å². The molecule has 4 rings (SSSR count). The van der Waals surface area contributed by atoms with Crippen molar-refractivity contribution in [2.24, 2.45) is 0 Å². The first kappa shape index (κ1) is 24.2. The molecule has 0 aliphatic carbocycles. The van der Waals surface area contributed by atoms with E-state index in [0.29, 0.717) is 6.54 Å². The van der Waals surface area contributed by atoms with Crippen LogP contribution in [-0.2, 0) is 22.4 Å². The molecular formula is C24H29Cl2NO3S. The minimum Gasteiger partial charge on any atom is -0.492 e. The second-order valence-electron chi connectivity index (χ2n) is 8.23. The van der Waals surface area contributed by atoms with E-state index in [1.165, 1.54) is 21.6 Å². The zero-order valence-electron chi connectivity index (χ0n) is 17.7. The van der Waals surface area contributed by atoms with Crippen LogP contribution in [0.3, 0.4) is 0 Å². The van der Waals surface area contributed by atoms with Crippen molar-refractivity contribution in [3.05, 3.63) is 58.1 Å². The Morgan fingerprint density at radius 2 is 2.03 bits per heavy atom. The lowest BCUT2D eigenvalue weighted by molar-refractivity contribution is -0.137. The van der Waals surface area contributed by atoms with Crippen molar-refractivity contribution in [1.82, 2.24) is 4.90 Å². The van der Waals surface area contributed by atoms with Crippen LogP contribution in [0, 0.1) is 0 Å². The molecule has 2 aliphatic heterocycles.